The number of anilines is 1. The van der Waals surface area contributed by atoms with Gasteiger partial charge in [-0.1, -0.05) is 18.2 Å². The lowest BCUT2D eigenvalue weighted by Gasteiger charge is -2.03. The standard InChI is InChI=1S/C16H16N2O5S/c1-3-23-16(20)15-10(2)8-14(24-15)17-13(19)9-11-6-4-5-7-12(11)18(21)22/h4-8H,3,9H2,1-2H3,(H,17,19). The Morgan fingerprint density at radius 1 is 1.33 bits per heavy atom. The maximum atomic E-state index is 12.1. The monoisotopic (exact) mass is 348 g/mol. The van der Waals surface area contributed by atoms with E-state index in [0.717, 1.165) is 11.3 Å². The van der Waals surface area contributed by atoms with Crippen molar-refractivity contribution in [3.8, 4) is 0 Å². The summed E-state index contributed by atoms with van der Waals surface area (Å²) in [6, 6.07) is 7.77. The lowest BCUT2D eigenvalue weighted by Crippen LogP contribution is -2.14. The lowest BCUT2D eigenvalue weighted by molar-refractivity contribution is -0.385. The van der Waals surface area contributed by atoms with Gasteiger partial charge in [0.15, 0.2) is 0 Å². The number of thiophene rings is 1. The summed E-state index contributed by atoms with van der Waals surface area (Å²) in [5.41, 5.74) is 0.945. The topological polar surface area (TPSA) is 98.5 Å². The van der Waals surface area contributed by atoms with Gasteiger partial charge in [0.2, 0.25) is 5.91 Å². The van der Waals surface area contributed by atoms with Gasteiger partial charge >= 0.3 is 5.97 Å². The van der Waals surface area contributed by atoms with E-state index in [1.807, 2.05) is 0 Å². The van der Waals surface area contributed by atoms with Crippen LogP contribution in [0.3, 0.4) is 0 Å². The van der Waals surface area contributed by atoms with Crippen molar-refractivity contribution in [2.75, 3.05) is 11.9 Å². The molecule has 2 rings (SSSR count). The van der Waals surface area contributed by atoms with Gasteiger partial charge in [-0.05, 0) is 25.5 Å². The number of esters is 1. The predicted molar refractivity (Wildman–Crippen MR) is 90.4 cm³/mol. The molecule has 1 aromatic carbocycles. The van der Waals surface area contributed by atoms with Gasteiger partial charge in [0.25, 0.3) is 5.69 Å². The minimum atomic E-state index is -0.517. The fourth-order valence-corrected chi connectivity index (χ4v) is 3.12. The van der Waals surface area contributed by atoms with Crippen LogP contribution in [0.25, 0.3) is 0 Å². The first-order valence-corrected chi connectivity index (χ1v) is 8.03. The molecule has 0 radical (unpaired) electrons. The zero-order valence-electron chi connectivity index (χ0n) is 13.2. The highest BCUT2D eigenvalue weighted by molar-refractivity contribution is 7.18. The molecule has 0 bridgehead atoms. The number of nitrogens with zero attached hydrogens (tertiary/aromatic N) is 1. The molecule has 1 amide bonds. The number of amides is 1. The van der Waals surface area contributed by atoms with Crippen LogP contribution in [0.1, 0.15) is 27.7 Å². The zero-order valence-corrected chi connectivity index (χ0v) is 14.0. The average Bonchev–Trinajstić information content (AvgIpc) is 2.88. The van der Waals surface area contributed by atoms with Gasteiger partial charge in [0, 0.05) is 11.6 Å². The molecule has 0 aliphatic rings. The molecule has 126 valence electrons. The normalized spacial score (nSPS) is 10.2. The smallest absolute Gasteiger partial charge is 0.348 e. The van der Waals surface area contributed by atoms with Crippen LogP contribution < -0.4 is 5.32 Å². The van der Waals surface area contributed by atoms with Gasteiger partial charge < -0.3 is 10.1 Å². The number of aryl methyl sites for hydroxylation is 1. The van der Waals surface area contributed by atoms with E-state index in [9.17, 15) is 19.7 Å². The van der Waals surface area contributed by atoms with Crippen molar-refractivity contribution in [1.29, 1.82) is 0 Å². The Bertz CT molecular complexity index is 785. The SMILES string of the molecule is CCOC(=O)c1sc(NC(=O)Cc2ccccc2[N+](=O)[O-])cc1C. The number of para-hydroxylation sites is 1. The molecule has 7 nitrogen and oxygen atoms in total. The molecule has 0 saturated heterocycles. The number of carbonyl (C=O) groups excluding carboxylic acids is 2. The third-order valence-corrected chi connectivity index (χ3v) is 4.31. The van der Waals surface area contributed by atoms with Crippen LogP contribution in [0.15, 0.2) is 30.3 Å². The minimum Gasteiger partial charge on any atom is -0.462 e. The van der Waals surface area contributed by atoms with Crippen LogP contribution in [0.4, 0.5) is 10.7 Å². The van der Waals surface area contributed by atoms with Crippen molar-refractivity contribution >= 4 is 33.9 Å². The van der Waals surface area contributed by atoms with Crippen molar-refractivity contribution in [2.45, 2.75) is 20.3 Å². The van der Waals surface area contributed by atoms with E-state index in [1.165, 1.54) is 6.07 Å². The fraction of sp³-hybridized carbons (Fsp3) is 0.250. The van der Waals surface area contributed by atoms with E-state index >= 15 is 0 Å². The number of hydrogen-bond donors (Lipinski definition) is 1. The molecule has 0 saturated carbocycles. The molecular formula is C16H16N2O5S. The van der Waals surface area contributed by atoms with E-state index in [0.29, 0.717) is 21.0 Å². The first kappa shape index (κ1) is 17.6. The van der Waals surface area contributed by atoms with Gasteiger partial charge in [-0.15, -0.1) is 11.3 Å². The molecule has 0 unspecified atom stereocenters. The third-order valence-electron chi connectivity index (χ3n) is 3.18. The highest BCUT2D eigenvalue weighted by atomic mass is 32.1. The number of nitro benzene ring substituents is 1. The molecule has 1 N–H and O–H groups in total. The summed E-state index contributed by atoms with van der Waals surface area (Å²) in [6.07, 6.45) is -0.122. The number of hydrogen-bond acceptors (Lipinski definition) is 6. The van der Waals surface area contributed by atoms with Crippen LogP contribution >= 0.6 is 11.3 Å². The molecular weight excluding hydrogens is 332 g/mol. The van der Waals surface area contributed by atoms with E-state index < -0.39 is 10.9 Å². The quantitative estimate of drug-likeness (QED) is 0.490. The Kier molecular flexibility index (Phi) is 5.64. The van der Waals surface area contributed by atoms with Crippen molar-refractivity contribution < 1.29 is 19.2 Å². The second-order valence-corrected chi connectivity index (χ2v) is 6.01. The van der Waals surface area contributed by atoms with Gasteiger partial charge in [-0.2, -0.15) is 0 Å². The van der Waals surface area contributed by atoms with E-state index in [4.69, 9.17) is 4.74 Å². The Morgan fingerprint density at radius 3 is 2.71 bits per heavy atom. The van der Waals surface area contributed by atoms with Crippen LogP contribution in [0, 0.1) is 17.0 Å². The first-order chi connectivity index (χ1) is 11.4. The van der Waals surface area contributed by atoms with Gasteiger partial charge in [-0.3, -0.25) is 14.9 Å². The van der Waals surface area contributed by atoms with Gasteiger partial charge in [0.1, 0.15) is 4.88 Å². The summed E-state index contributed by atoms with van der Waals surface area (Å²) in [7, 11) is 0. The summed E-state index contributed by atoms with van der Waals surface area (Å²) < 4.78 is 4.95. The number of carbonyl (C=O) groups is 2. The second-order valence-electron chi connectivity index (χ2n) is 4.95. The zero-order chi connectivity index (χ0) is 17.7. The average molecular weight is 348 g/mol. The minimum absolute atomic E-state index is 0.0952. The molecule has 2 aromatic rings. The van der Waals surface area contributed by atoms with E-state index in [-0.39, 0.29) is 24.6 Å². The number of benzene rings is 1. The molecule has 24 heavy (non-hydrogen) atoms. The first-order valence-electron chi connectivity index (χ1n) is 7.22. The lowest BCUT2D eigenvalue weighted by atomic mass is 10.1. The van der Waals surface area contributed by atoms with Crippen molar-refractivity contribution in [1.82, 2.24) is 0 Å². The molecule has 0 aliphatic heterocycles. The largest absolute Gasteiger partial charge is 0.462 e. The Morgan fingerprint density at radius 2 is 2.04 bits per heavy atom. The van der Waals surface area contributed by atoms with E-state index in [2.05, 4.69) is 5.32 Å². The van der Waals surface area contributed by atoms with Gasteiger partial charge in [-0.25, -0.2) is 4.79 Å². The maximum absolute atomic E-state index is 12.1. The summed E-state index contributed by atoms with van der Waals surface area (Å²) in [5, 5.41) is 14.1. The number of nitrogens with one attached hydrogen (secondary N) is 1. The summed E-state index contributed by atoms with van der Waals surface area (Å²) in [4.78, 5) is 34.8. The highest BCUT2D eigenvalue weighted by Gasteiger charge is 2.18. The summed E-state index contributed by atoms with van der Waals surface area (Å²) in [6.45, 7) is 3.74. The molecule has 1 aromatic heterocycles. The van der Waals surface area contributed by atoms with Crippen LogP contribution in [-0.4, -0.2) is 23.4 Å². The fourth-order valence-electron chi connectivity index (χ4n) is 2.14. The van der Waals surface area contributed by atoms with E-state index in [1.54, 1.807) is 38.1 Å². The predicted octanol–water partition coefficient (Wildman–Crippen LogP) is 3.32. The van der Waals surface area contributed by atoms with Crippen molar-refractivity contribution in [3.05, 3.63) is 56.5 Å². The Balaban J connectivity index is 2.10. The molecule has 0 atom stereocenters. The second kappa shape index (κ2) is 7.69. The van der Waals surface area contributed by atoms with Gasteiger partial charge in [0.05, 0.1) is 23.0 Å². The number of nitro groups is 1. The molecule has 0 aliphatic carbocycles. The molecule has 1 heterocycles. The van der Waals surface area contributed by atoms with Crippen LogP contribution in [0.5, 0.6) is 0 Å². The van der Waals surface area contributed by atoms with Crippen molar-refractivity contribution in [3.63, 3.8) is 0 Å². The summed E-state index contributed by atoms with van der Waals surface area (Å²) in [5.74, 6) is -0.819. The van der Waals surface area contributed by atoms with Crippen LogP contribution in [0.2, 0.25) is 0 Å². The summed E-state index contributed by atoms with van der Waals surface area (Å²) >= 11 is 1.12. The molecule has 0 fully saturated rings. The number of rotatable bonds is 6. The highest BCUT2D eigenvalue weighted by Crippen LogP contribution is 2.28. The maximum Gasteiger partial charge on any atom is 0.348 e. The number of ether oxygens (including phenoxy) is 1. The molecule has 0 spiro atoms. The van der Waals surface area contributed by atoms with Crippen molar-refractivity contribution in [2.24, 2.45) is 0 Å². The Hall–Kier alpha value is -2.74. The van der Waals surface area contributed by atoms with Crippen LogP contribution in [-0.2, 0) is 16.0 Å². The third kappa shape index (κ3) is 4.17. The molecule has 8 heteroatoms. The Labute approximate surface area is 142 Å².